The standard InChI is InChI=1S/C22H27ClN2O4S/c1-15-5-4-12-25(14-15)18-8-6-17(7-9-18)16(2)24-30(27,28)19-10-11-21(23)20(13-19)22(26)29-3/h6-11,13,15-16,24H,4-5,12,14H2,1-3H3/t15-,16+/m1/s1. The molecule has 0 radical (unpaired) electrons. The summed E-state index contributed by atoms with van der Waals surface area (Å²) in [7, 11) is -2.64. The molecule has 2 atom stereocenters. The molecule has 2 aromatic rings. The number of methoxy groups -OCH3 is 1. The Labute approximate surface area is 183 Å². The number of nitrogens with one attached hydrogen (secondary N) is 1. The van der Waals surface area contributed by atoms with E-state index in [1.54, 1.807) is 6.92 Å². The molecule has 162 valence electrons. The van der Waals surface area contributed by atoms with Gasteiger partial charge in [-0.25, -0.2) is 17.9 Å². The van der Waals surface area contributed by atoms with Gasteiger partial charge in [0, 0.05) is 24.8 Å². The number of piperidine rings is 1. The molecule has 0 unspecified atom stereocenters. The summed E-state index contributed by atoms with van der Waals surface area (Å²) >= 11 is 5.99. The smallest absolute Gasteiger partial charge is 0.339 e. The van der Waals surface area contributed by atoms with E-state index < -0.39 is 22.0 Å². The van der Waals surface area contributed by atoms with Crippen molar-refractivity contribution in [2.75, 3.05) is 25.1 Å². The van der Waals surface area contributed by atoms with Crippen LogP contribution in [-0.2, 0) is 14.8 Å². The number of esters is 1. The minimum Gasteiger partial charge on any atom is -0.465 e. The number of carbonyl (C=O) groups excluding carboxylic acids is 1. The van der Waals surface area contributed by atoms with Gasteiger partial charge in [0.1, 0.15) is 0 Å². The van der Waals surface area contributed by atoms with Gasteiger partial charge in [0.15, 0.2) is 0 Å². The number of ether oxygens (including phenoxy) is 1. The molecule has 0 spiro atoms. The predicted molar refractivity (Wildman–Crippen MR) is 119 cm³/mol. The fraction of sp³-hybridized carbons (Fsp3) is 0.409. The van der Waals surface area contributed by atoms with E-state index >= 15 is 0 Å². The predicted octanol–water partition coefficient (Wildman–Crippen LogP) is 4.40. The minimum atomic E-state index is -3.85. The molecule has 0 amide bonds. The normalized spacial score (nSPS) is 18.1. The molecule has 1 N–H and O–H groups in total. The Bertz CT molecular complexity index is 1010. The average Bonchev–Trinajstić information content (AvgIpc) is 2.73. The SMILES string of the molecule is COC(=O)c1cc(S(=O)(=O)N[C@@H](C)c2ccc(N3CCC[C@@H](C)C3)cc2)ccc1Cl. The number of sulfonamides is 1. The van der Waals surface area contributed by atoms with Gasteiger partial charge in [0.25, 0.3) is 0 Å². The van der Waals surface area contributed by atoms with Crippen molar-refractivity contribution >= 4 is 33.3 Å². The van der Waals surface area contributed by atoms with Crippen molar-refractivity contribution in [2.24, 2.45) is 5.92 Å². The van der Waals surface area contributed by atoms with Crippen molar-refractivity contribution in [1.29, 1.82) is 0 Å². The number of benzene rings is 2. The first kappa shape index (κ1) is 22.6. The maximum absolute atomic E-state index is 12.8. The van der Waals surface area contributed by atoms with Gasteiger partial charge < -0.3 is 9.64 Å². The number of halogens is 1. The second-order valence-electron chi connectivity index (χ2n) is 7.76. The molecule has 0 saturated carbocycles. The number of hydrogen-bond donors (Lipinski definition) is 1. The van der Waals surface area contributed by atoms with Crippen LogP contribution in [0.1, 0.15) is 48.7 Å². The lowest BCUT2D eigenvalue weighted by Crippen LogP contribution is -2.34. The van der Waals surface area contributed by atoms with Gasteiger partial charge in [-0.2, -0.15) is 0 Å². The van der Waals surface area contributed by atoms with Crippen molar-refractivity contribution in [3.05, 3.63) is 58.6 Å². The van der Waals surface area contributed by atoms with Crippen LogP contribution in [0.25, 0.3) is 0 Å². The molecule has 1 saturated heterocycles. The molecule has 30 heavy (non-hydrogen) atoms. The third-order valence-electron chi connectivity index (χ3n) is 5.40. The summed E-state index contributed by atoms with van der Waals surface area (Å²) in [4.78, 5) is 14.1. The Morgan fingerprint density at radius 1 is 1.23 bits per heavy atom. The molecule has 2 aromatic carbocycles. The molecule has 0 bridgehead atoms. The zero-order chi connectivity index (χ0) is 21.9. The summed E-state index contributed by atoms with van der Waals surface area (Å²) < 4.78 is 33.0. The Morgan fingerprint density at radius 2 is 1.93 bits per heavy atom. The number of anilines is 1. The van der Waals surface area contributed by atoms with Crippen LogP contribution in [0.2, 0.25) is 5.02 Å². The Morgan fingerprint density at radius 3 is 2.57 bits per heavy atom. The van der Waals surface area contributed by atoms with Crippen molar-refractivity contribution in [3.8, 4) is 0 Å². The van der Waals surface area contributed by atoms with Gasteiger partial charge >= 0.3 is 5.97 Å². The molecule has 3 rings (SSSR count). The molecule has 1 fully saturated rings. The highest BCUT2D eigenvalue weighted by atomic mass is 35.5. The summed E-state index contributed by atoms with van der Waals surface area (Å²) in [5.41, 5.74) is 2.02. The molecule has 1 aliphatic rings. The van der Waals surface area contributed by atoms with E-state index in [0.29, 0.717) is 5.92 Å². The lowest BCUT2D eigenvalue weighted by molar-refractivity contribution is 0.0600. The maximum atomic E-state index is 12.8. The molecule has 1 heterocycles. The summed E-state index contributed by atoms with van der Waals surface area (Å²) in [6, 6.07) is 11.5. The number of rotatable bonds is 6. The largest absolute Gasteiger partial charge is 0.465 e. The third-order valence-corrected chi connectivity index (χ3v) is 7.27. The average molecular weight is 451 g/mol. The second-order valence-corrected chi connectivity index (χ2v) is 9.88. The first-order valence-electron chi connectivity index (χ1n) is 9.96. The quantitative estimate of drug-likeness (QED) is 0.660. The van der Waals surface area contributed by atoms with Gasteiger partial charge in [-0.1, -0.05) is 30.7 Å². The molecular formula is C22H27ClN2O4S. The van der Waals surface area contributed by atoms with Crippen LogP contribution in [0.5, 0.6) is 0 Å². The van der Waals surface area contributed by atoms with E-state index in [4.69, 9.17) is 11.6 Å². The van der Waals surface area contributed by atoms with Crippen LogP contribution in [-0.4, -0.2) is 34.6 Å². The molecule has 1 aliphatic heterocycles. The van der Waals surface area contributed by atoms with E-state index in [-0.39, 0.29) is 15.5 Å². The molecule has 0 aromatic heterocycles. The molecule has 6 nitrogen and oxygen atoms in total. The van der Waals surface area contributed by atoms with Crippen LogP contribution < -0.4 is 9.62 Å². The van der Waals surface area contributed by atoms with Gasteiger partial charge in [-0.05, 0) is 61.6 Å². The van der Waals surface area contributed by atoms with Gasteiger partial charge in [-0.3, -0.25) is 0 Å². The van der Waals surface area contributed by atoms with Crippen LogP contribution >= 0.6 is 11.6 Å². The number of carbonyl (C=O) groups is 1. The molecule has 8 heteroatoms. The van der Waals surface area contributed by atoms with Crippen molar-refractivity contribution in [1.82, 2.24) is 4.72 Å². The lowest BCUT2D eigenvalue weighted by Gasteiger charge is -2.33. The Hall–Kier alpha value is -2.09. The second kappa shape index (κ2) is 9.37. The fourth-order valence-electron chi connectivity index (χ4n) is 3.70. The van der Waals surface area contributed by atoms with E-state index in [2.05, 4.69) is 21.3 Å². The van der Waals surface area contributed by atoms with Gasteiger partial charge in [-0.15, -0.1) is 0 Å². The lowest BCUT2D eigenvalue weighted by atomic mass is 9.99. The van der Waals surface area contributed by atoms with Crippen molar-refractivity contribution in [3.63, 3.8) is 0 Å². The molecular weight excluding hydrogens is 424 g/mol. The monoisotopic (exact) mass is 450 g/mol. The number of nitrogens with zero attached hydrogens (tertiary/aromatic N) is 1. The number of hydrogen-bond acceptors (Lipinski definition) is 5. The highest BCUT2D eigenvalue weighted by Crippen LogP contribution is 2.26. The summed E-state index contributed by atoms with van der Waals surface area (Å²) in [6.45, 7) is 6.14. The first-order valence-corrected chi connectivity index (χ1v) is 11.8. The maximum Gasteiger partial charge on any atom is 0.339 e. The van der Waals surface area contributed by atoms with Gasteiger partial charge in [0.05, 0.1) is 22.6 Å². The van der Waals surface area contributed by atoms with Crippen LogP contribution in [0.4, 0.5) is 5.69 Å². The summed E-state index contributed by atoms with van der Waals surface area (Å²) in [5.74, 6) is -0.00821. The Balaban J connectivity index is 1.75. The highest BCUT2D eigenvalue weighted by Gasteiger charge is 2.22. The van der Waals surface area contributed by atoms with E-state index in [1.807, 2.05) is 24.3 Å². The van der Waals surface area contributed by atoms with E-state index in [1.165, 1.54) is 38.2 Å². The Kier molecular flexibility index (Phi) is 7.06. The highest BCUT2D eigenvalue weighted by molar-refractivity contribution is 7.89. The minimum absolute atomic E-state index is 0.00908. The van der Waals surface area contributed by atoms with Crippen molar-refractivity contribution in [2.45, 2.75) is 37.6 Å². The first-order chi connectivity index (χ1) is 14.2. The van der Waals surface area contributed by atoms with E-state index in [9.17, 15) is 13.2 Å². The topological polar surface area (TPSA) is 75.7 Å². The summed E-state index contributed by atoms with van der Waals surface area (Å²) in [6.07, 6.45) is 2.45. The zero-order valence-electron chi connectivity index (χ0n) is 17.4. The van der Waals surface area contributed by atoms with Gasteiger partial charge in [0.2, 0.25) is 10.0 Å². The third kappa shape index (κ3) is 5.14. The zero-order valence-corrected chi connectivity index (χ0v) is 19.0. The van der Waals surface area contributed by atoms with Crippen molar-refractivity contribution < 1.29 is 17.9 Å². The van der Waals surface area contributed by atoms with Crippen LogP contribution in [0.3, 0.4) is 0 Å². The van der Waals surface area contributed by atoms with Crippen LogP contribution in [0, 0.1) is 5.92 Å². The molecule has 0 aliphatic carbocycles. The fourth-order valence-corrected chi connectivity index (χ4v) is 5.16. The van der Waals surface area contributed by atoms with E-state index in [0.717, 1.165) is 24.3 Å². The van der Waals surface area contributed by atoms with Crippen LogP contribution in [0.15, 0.2) is 47.4 Å². The summed E-state index contributed by atoms with van der Waals surface area (Å²) in [5, 5.41) is 0.136.